The highest BCUT2D eigenvalue weighted by Gasteiger charge is 2.36. The molecule has 1 atom stereocenters. The minimum absolute atomic E-state index is 0.0368. The fourth-order valence-electron chi connectivity index (χ4n) is 2.73. The van der Waals surface area contributed by atoms with Crippen LogP contribution in [0.2, 0.25) is 0 Å². The third-order valence-corrected chi connectivity index (χ3v) is 6.50. The highest BCUT2D eigenvalue weighted by molar-refractivity contribution is 9.10. The molecule has 0 saturated heterocycles. The average molecular weight is 425 g/mol. The molecule has 0 radical (unpaired) electrons. The lowest BCUT2D eigenvalue weighted by molar-refractivity contribution is -0.147. The highest BCUT2D eigenvalue weighted by Crippen LogP contribution is 2.34. The number of benzene rings is 1. The zero-order valence-corrected chi connectivity index (χ0v) is 17.5. The molecule has 0 bridgehead atoms. The summed E-state index contributed by atoms with van der Waals surface area (Å²) < 4.78 is 6.06. The van der Waals surface area contributed by atoms with Gasteiger partial charge in [-0.05, 0) is 42.4 Å². The molecule has 0 aliphatic heterocycles. The molecule has 1 aromatic carbocycles. The minimum atomic E-state index is -0.648. The second kappa shape index (κ2) is 8.41. The normalized spacial score (nSPS) is 14.1. The molecular weight excluding hydrogens is 400 g/mol. The molecule has 0 amide bonds. The Morgan fingerprint density at radius 2 is 2.08 bits per heavy atom. The molecule has 6 heteroatoms. The molecule has 0 aliphatic rings. The average Bonchev–Trinajstić information content (AvgIpc) is 3.13. The summed E-state index contributed by atoms with van der Waals surface area (Å²) in [5.41, 5.74) is 1.56. The van der Waals surface area contributed by atoms with Crippen LogP contribution in [-0.4, -0.2) is 34.8 Å². The van der Waals surface area contributed by atoms with E-state index in [9.17, 15) is 4.79 Å². The van der Waals surface area contributed by atoms with Gasteiger partial charge in [-0.3, -0.25) is 9.89 Å². The minimum Gasteiger partial charge on any atom is -0.468 e. The van der Waals surface area contributed by atoms with Crippen molar-refractivity contribution in [3.63, 3.8) is 0 Å². The number of halogens is 1. The quantitative estimate of drug-likeness (QED) is 0.492. The summed E-state index contributed by atoms with van der Waals surface area (Å²) in [7, 11) is 1.45. The molecule has 0 saturated carbocycles. The summed E-state index contributed by atoms with van der Waals surface area (Å²) in [6.45, 7) is 6.37. The summed E-state index contributed by atoms with van der Waals surface area (Å²) in [6.07, 6.45) is 4.55. The van der Waals surface area contributed by atoms with Crippen LogP contribution in [0.3, 0.4) is 0 Å². The second-order valence-corrected chi connectivity index (χ2v) is 9.03. The first-order chi connectivity index (χ1) is 11.8. The molecule has 1 unspecified atom stereocenters. The predicted octanol–water partition coefficient (Wildman–Crippen LogP) is 4.70. The number of thioether (sulfide) groups is 1. The SMILES string of the molecule is COC(=O)C(C)(CCSCC(C)(C)c1cn[nH]c1)c1cccc(Br)c1. The number of rotatable bonds is 8. The van der Waals surface area contributed by atoms with E-state index >= 15 is 0 Å². The van der Waals surface area contributed by atoms with Gasteiger partial charge in [0.25, 0.3) is 0 Å². The number of carbonyl (C=O) groups is 1. The molecule has 0 fully saturated rings. The fourth-order valence-corrected chi connectivity index (χ4v) is 4.50. The van der Waals surface area contributed by atoms with Gasteiger partial charge < -0.3 is 4.74 Å². The summed E-state index contributed by atoms with van der Waals surface area (Å²) in [6, 6.07) is 7.90. The molecule has 4 nitrogen and oxygen atoms in total. The fraction of sp³-hybridized carbons (Fsp3) is 0.474. The number of H-pyrrole nitrogens is 1. The number of hydrogen-bond donors (Lipinski definition) is 1. The monoisotopic (exact) mass is 424 g/mol. The van der Waals surface area contributed by atoms with E-state index in [0.717, 1.165) is 28.0 Å². The summed E-state index contributed by atoms with van der Waals surface area (Å²) >= 11 is 5.34. The van der Waals surface area contributed by atoms with Crippen molar-refractivity contribution in [2.45, 2.75) is 38.0 Å². The summed E-state index contributed by atoms with van der Waals surface area (Å²) in [5.74, 6) is 1.64. The molecule has 2 rings (SSSR count). The van der Waals surface area contributed by atoms with E-state index in [2.05, 4.69) is 40.0 Å². The third-order valence-electron chi connectivity index (χ3n) is 4.59. The number of aromatic nitrogens is 2. The van der Waals surface area contributed by atoms with Crippen LogP contribution in [0.5, 0.6) is 0 Å². The molecule has 1 N–H and O–H groups in total. The number of esters is 1. The maximum absolute atomic E-state index is 12.5. The van der Waals surface area contributed by atoms with E-state index in [0.29, 0.717) is 0 Å². The molecule has 0 aliphatic carbocycles. The largest absolute Gasteiger partial charge is 0.468 e. The smallest absolute Gasteiger partial charge is 0.316 e. The Balaban J connectivity index is 2.03. The zero-order chi connectivity index (χ0) is 18.5. The van der Waals surface area contributed by atoms with Gasteiger partial charge in [-0.15, -0.1) is 0 Å². The summed E-state index contributed by atoms with van der Waals surface area (Å²) in [4.78, 5) is 12.5. The number of nitrogens with one attached hydrogen (secondary N) is 1. The molecule has 25 heavy (non-hydrogen) atoms. The van der Waals surface area contributed by atoms with Crippen molar-refractivity contribution in [2.75, 3.05) is 18.6 Å². The van der Waals surface area contributed by atoms with Gasteiger partial charge in [-0.1, -0.05) is 41.9 Å². The Hall–Kier alpha value is -1.27. The van der Waals surface area contributed by atoms with Crippen molar-refractivity contribution < 1.29 is 9.53 Å². The van der Waals surface area contributed by atoms with Gasteiger partial charge in [0, 0.05) is 21.8 Å². The second-order valence-electron chi connectivity index (χ2n) is 7.01. The molecule has 1 heterocycles. The van der Waals surface area contributed by atoms with Crippen molar-refractivity contribution >= 4 is 33.7 Å². The van der Waals surface area contributed by atoms with Crippen molar-refractivity contribution in [1.82, 2.24) is 10.2 Å². The van der Waals surface area contributed by atoms with Crippen molar-refractivity contribution in [2.24, 2.45) is 0 Å². The third kappa shape index (κ3) is 4.88. The topological polar surface area (TPSA) is 55.0 Å². The van der Waals surface area contributed by atoms with Crippen LogP contribution in [0.25, 0.3) is 0 Å². The van der Waals surface area contributed by atoms with Crippen molar-refractivity contribution in [3.05, 3.63) is 52.3 Å². The van der Waals surface area contributed by atoms with E-state index in [4.69, 9.17) is 4.74 Å². The Labute approximate surface area is 162 Å². The van der Waals surface area contributed by atoms with Gasteiger partial charge in [0.1, 0.15) is 0 Å². The number of hydrogen-bond acceptors (Lipinski definition) is 4. The maximum Gasteiger partial charge on any atom is 0.316 e. The molecule has 0 spiro atoms. The van der Waals surface area contributed by atoms with Crippen LogP contribution in [0, 0.1) is 0 Å². The van der Waals surface area contributed by atoms with E-state index in [1.165, 1.54) is 12.7 Å². The van der Waals surface area contributed by atoms with Gasteiger partial charge in [-0.2, -0.15) is 16.9 Å². The van der Waals surface area contributed by atoms with E-state index in [1.54, 1.807) is 0 Å². The van der Waals surface area contributed by atoms with E-state index in [-0.39, 0.29) is 11.4 Å². The lowest BCUT2D eigenvalue weighted by atomic mass is 9.80. The van der Waals surface area contributed by atoms with E-state index < -0.39 is 5.41 Å². The number of carbonyl (C=O) groups excluding carboxylic acids is 1. The van der Waals surface area contributed by atoms with Gasteiger partial charge >= 0.3 is 5.97 Å². The Morgan fingerprint density at radius 1 is 1.32 bits per heavy atom. The number of aromatic amines is 1. The molecule has 136 valence electrons. The lowest BCUT2D eigenvalue weighted by Crippen LogP contribution is -2.34. The first kappa shape index (κ1) is 20.0. The zero-order valence-electron chi connectivity index (χ0n) is 15.1. The number of ether oxygens (including phenoxy) is 1. The number of nitrogens with zero attached hydrogens (tertiary/aromatic N) is 1. The first-order valence-corrected chi connectivity index (χ1v) is 10.2. The van der Waals surface area contributed by atoms with Crippen molar-refractivity contribution in [1.29, 1.82) is 0 Å². The highest BCUT2D eigenvalue weighted by atomic mass is 79.9. The first-order valence-electron chi connectivity index (χ1n) is 8.21. The Bertz CT molecular complexity index is 703. The van der Waals surface area contributed by atoms with Gasteiger partial charge in [-0.25, -0.2) is 0 Å². The van der Waals surface area contributed by atoms with Crippen LogP contribution in [-0.2, 0) is 20.4 Å². The van der Waals surface area contributed by atoms with Crippen LogP contribution in [0.1, 0.15) is 38.3 Å². The summed E-state index contributed by atoms with van der Waals surface area (Å²) in [5, 5.41) is 6.91. The van der Waals surface area contributed by atoms with Gasteiger partial charge in [0.2, 0.25) is 0 Å². The molecule has 2 aromatic rings. The van der Waals surface area contributed by atoms with Crippen LogP contribution in [0.15, 0.2) is 41.1 Å². The molecular formula is C19H25BrN2O2S. The Morgan fingerprint density at radius 3 is 2.68 bits per heavy atom. The number of methoxy groups -OCH3 is 1. The van der Waals surface area contributed by atoms with Gasteiger partial charge in [0.05, 0.1) is 18.7 Å². The molecule has 1 aromatic heterocycles. The van der Waals surface area contributed by atoms with Crippen LogP contribution < -0.4 is 0 Å². The van der Waals surface area contributed by atoms with Crippen LogP contribution >= 0.6 is 27.7 Å². The Kier molecular flexibility index (Phi) is 6.74. The van der Waals surface area contributed by atoms with Crippen molar-refractivity contribution in [3.8, 4) is 0 Å². The van der Waals surface area contributed by atoms with Gasteiger partial charge in [0.15, 0.2) is 0 Å². The predicted molar refractivity (Wildman–Crippen MR) is 107 cm³/mol. The van der Waals surface area contributed by atoms with E-state index in [1.807, 2.05) is 55.3 Å². The van der Waals surface area contributed by atoms with Crippen LogP contribution in [0.4, 0.5) is 0 Å². The lowest BCUT2D eigenvalue weighted by Gasteiger charge is -2.28. The standard InChI is InChI=1S/C19H25BrN2O2S/c1-18(2,15-11-21-22-12-15)13-25-9-8-19(3,17(23)24-4)14-6-5-7-16(20)10-14/h5-7,10-12H,8-9,13H2,1-4H3,(H,21,22). The maximum atomic E-state index is 12.5.